The quantitative estimate of drug-likeness (QED) is 0.792. The largest absolute Gasteiger partial charge is 0.481 e. The lowest BCUT2D eigenvalue weighted by Gasteiger charge is -2.17. The highest BCUT2D eigenvalue weighted by Crippen LogP contribution is 2.21. The zero-order chi connectivity index (χ0) is 15.9. The first kappa shape index (κ1) is 16.3. The van der Waals surface area contributed by atoms with Gasteiger partial charge in [-0.15, -0.1) is 0 Å². The molecule has 0 saturated carbocycles. The SMILES string of the molecule is O=C(O)CCCNC(=O)N1CCC(Cc2ccc(F)cc2)C1. The fourth-order valence-corrected chi connectivity index (χ4v) is 2.68. The fourth-order valence-electron chi connectivity index (χ4n) is 2.68. The Morgan fingerprint density at radius 1 is 1.32 bits per heavy atom. The van der Waals surface area contributed by atoms with Crippen molar-refractivity contribution in [3.05, 3.63) is 35.6 Å². The monoisotopic (exact) mass is 308 g/mol. The summed E-state index contributed by atoms with van der Waals surface area (Å²) in [4.78, 5) is 24.1. The average molecular weight is 308 g/mol. The smallest absolute Gasteiger partial charge is 0.317 e. The number of likely N-dealkylation sites (tertiary alicyclic amines) is 1. The number of nitrogens with one attached hydrogen (secondary N) is 1. The summed E-state index contributed by atoms with van der Waals surface area (Å²) in [7, 11) is 0. The molecule has 5 nitrogen and oxygen atoms in total. The predicted molar refractivity (Wildman–Crippen MR) is 80.1 cm³/mol. The van der Waals surface area contributed by atoms with Crippen LogP contribution in [0.15, 0.2) is 24.3 Å². The number of halogens is 1. The lowest BCUT2D eigenvalue weighted by atomic mass is 9.99. The Morgan fingerprint density at radius 3 is 2.73 bits per heavy atom. The van der Waals surface area contributed by atoms with Crippen molar-refractivity contribution in [1.29, 1.82) is 0 Å². The van der Waals surface area contributed by atoms with Crippen LogP contribution in [0.25, 0.3) is 0 Å². The van der Waals surface area contributed by atoms with Crippen LogP contribution in [0.4, 0.5) is 9.18 Å². The van der Waals surface area contributed by atoms with Gasteiger partial charge in [-0.2, -0.15) is 0 Å². The van der Waals surface area contributed by atoms with Crippen LogP contribution < -0.4 is 5.32 Å². The van der Waals surface area contributed by atoms with Gasteiger partial charge in [0.1, 0.15) is 5.82 Å². The van der Waals surface area contributed by atoms with E-state index in [1.165, 1.54) is 12.1 Å². The number of carbonyl (C=O) groups excluding carboxylic acids is 1. The highest BCUT2D eigenvalue weighted by Gasteiger charge is 2.26. The maximum Gasteiger partial charge on any atom is 0.317 e. The second kappa shape index (κ2) is 7.77. The zero-order valence-corrected chi connectivity index (χ0v) is 12.4. The lowest BCUT2D eigenvalue weighted by Crippen LogP contribution is -2.39. The van der Waals surface area contributed by atoms with E-state index in [-0.39, 0.29) is 18.3 Å². The first-order chi connectivity index (χ1) is 10.5. The van der Waals surface area contributed by atoms with Crippen molar-refractivity contribution in [3.63, 3.8) is 0 Å². The number of aliphatic carboxylic acids is 1. The third-order valence-corrected chi connectivity index (χ3v) is 3.85. The molecule has 22 heavy (non-hydrogen) atoms. The number of carboxylic acids is 1. The van der Waals surface area contributed by atoms with Gasteiger partial charge in [-0.05, 0) is 42.9 Å². The van der Waals surface area contributed by atoms with Crippen molar-refractivity contribution in [2.24, 2.45) is 5.92 Å². The van der Waals surface area contributed by atoms with Crippen LogP contribution in [0.1, 0.15) is 24.8 Å². The number of hydrogen-bond acceptors (Lipinski definition) is 2. The van der Waals surface area contributed by atoms with Gasteiger partial charge in [0.25, 0.3) is 0 Å². The van der Waals surface area contributed by atoms with Crippen molar-refractivity contribution >= 4 is 12.0 Å². The van der Waals surface area contributed by atoms with E-state index in [9.17, 15) is 14.0 Å². The zero-order valence-electron chi connectivity index (χ0n) is 12.4. The summed E-state index contributed by atoms with van der Waals surface area (Å²) >= 11 is 0. The number of amides is 2. The molecule has 2 rings (SSSR count). The molecule has 0 spiro atoms. The average Bonchev–Trinajstić information content (AvgIpc) is 2.94. The van der Waals surface area contributed by atoms with Crippen molar-refractivity contribution < 1.29 is 19.1 Å². The Bertz CT molecular complexity index is 519. The molecule has 0 aliphatic carbocycles. The summed E-state index contributed by atoms with van der Waals surface area (Å²) in [5, 5.41) is 11.3. The second-order valence-electron chi connectivity index (χ2n) is 5.66. The molecule has 1 saturated heterocycles. The minimum Gasteiger partial charge on any atom is -0.481 e. The summed E-state index contributed by atoms with van der Waals surface area (Å²) in [5.41, 5.74) is 1.08. The van der Waals surface area contributed by atoms with E-state index in [0.29, 0.717) is 32.0 Å². The summed E-state index contributed by atoms with van der Waals surface area (Å²) < 4.78 is 12.9. The lowest BCUT2D eigenvalue weighted by molar-refractivity contribution is -0.137. The summed E-state index contributed by atoms with van der Waals surface area (Å²) in [6, 6.07) is 6.34. The van der Waals surface area contributed by atoms with Crippen LogP contribution in [0.5, 0.6) is 0 Å². The number of benzene rings is 1. The first-order valence-corrected chi connectivity index (χ1v) is 7.53. The van der Waals surface area contributed by atoms with E-state index < -0.39 is 5.97 Å². The molecule has 0 bridgehead atoms. The molecule has 2 N–H and O–H groups in total. The molecule has 0 aromatic heterocycles. The molecule has 0 radical (unpaired) electrons. The molecule has 1 atom stereocenters. The highest BCUT2D eigenvalue weighted by molar-refractivity contribution is 5.74. The number of carboxylic acid groups (broad SMARTS) is 1. The van der Waals surface area contributed by atoms with Crippen molar-refractivity contribution in [2.45, 2.75) is 25.7 Å². The minimum atomic E-state index is -0.852. The molecule has 2 amide bonds. The molecule has 120 valence electrons. The molecule has 1 aliphatic rings. The summed E-state index contributed by atoms with van der Waals surface area (Å²) in [5.74, 6) is -0.706. The van der Waals surface area contributed by atoms with Gasteiger partial charge in [0.15, 0.2) is 0 Å². The molecular formula is C16H21FN2O3. The van der Waals surface area contributed by atoms with E-state index in [1.807, 2.05) is 0 Å². The number of nitrogens with zero attached hydrogens (tertiary/aromatic N) is 1. The Balaban J connectivity index is 1.71. The van der Waals surface area contributed by atoms with Gasteiger partial charge < -0.3 is 15.3 Å². The number of rotatable bonds is 6. The maximum atomic E-state index is 12.9. The Morgan fingerprint density at radius 2 is 2.05 bits per heavy atom. The number of hydrogen-bond donors (Lipinski definition) is 2. The van der Waals surface area contributed by atoms with E-state index in [2.05, 4.69) is 5.32 Å². The van der Waals surface area contributed by atoms with E-state index in [4.69, 9.17) is 5.11 Å². The topological polar surface area (TPSA) is 69.6 Å². The Kier molecular flexibility index (Phi) is 5.75. The van der Waals surface area contributed by atoms with Gasteiger partial charge >= 0.3 is 12.0 Å². The Labute approximate surface area is 129 Å². The minimum absolute atomic E-state index is 0.0630. The molecule has 1 aromatic rings. The van der Waals surface area contributed by atoms with Crippen LogP contribution in [-0.2, 0) is 11.2 Å². The van der Waals surface area contributed by atoms with Gasteiger partial charge in [-0.25, -0.2) is 9.18 Å². The standard InChI is InChI=1S/C16H21FN2O3/c17-14-5-3-12(4-6-14)10-13-7-9-19(11-13)16(22)18-8-1-2-15(20)21/h3-6,13H,1-2,7-11H2,(H,18,22)(H,20,21). The van der Waals surface area contributed by atoms with Crippen LogP contribution >= 0.6 is 0 Å². The number of carbonyl (C=O) groups is 2. The first-order valence-electron chi connectivity index (χ1n) is 7.53. The van der Waals surface area contributed by atoms with E-state index in [1.54, 1.807) is 17.0 Å². The van der Waals surface area contributed by atoms with Crippen LogP contribution in [0.3, 0.4) is 0 Å². The maximum absolute atomic E-state index is 12.9. The molecular weight excluding hydrogens is 287 g/mol. The molecule has 1 unspecified atom stereocenters. The van der Waals surface area contributed by atoms with Crippen molar-refractivity contribution in [3.8, 4) is 0 Å². The molecule has 1 fully saturated rings. The molecule has 1 aliphatic heterocycles. The van der Waals surface area contributed by atoms with Gasteiger partial charge in [-0.3, -0.25) is 4.79 Å². The van der Waals surface area contributed by atoms with Crippen molar-refractivity contribution in [2.75, 3.05) is 19.6 Å². The van der Waals surface area contributed by atoms with Gasteiger partial charge in [-0.1, -0.05) is 12.1 Å². The Hall–Kier alpha value is -2.11. The van der Waals surface area contributed by atoms with Crippen LogP contribution in [0, 0.1) is 11.7 Å². The third kappa shape index (κ3) is 5.02. The van der Waals surface area contributed by atoms with Crippen molar-refractivity contribution in [1.82, 2.24) is 10.2 Å². The molecule has 1 aromatic carbocycles. The van der Waals surface area contributed by atoms with E-state index in [0.717, 1.165) is 18.4 Å². The fraction of sp³-hybridized carbons (Fsp3) is 0.500. The van der Waals surface area contributed by atoms with Gasteiger partial charge in [0.05, 0.1) is 0 Å². The molecule has 1 heterocycles. The highest BCUT2D eigenvalue weighted by atomic mass is 19.1. The molecule has 6 heteroatoms. The predicted octanol–water partition coefficient (Wildman–Crippen LogP) is 2.26. The summed E-state index contributed by atoms with van der Waals surface area (Å²) in [6.07, 6.45) is 2.27. The third-order valence-electron chi connectivity index (χ3n) is 3.85. The van der Waals surface area contributed by atoms with Crippen LogP contribution in [-0.4, -0.2) is 41.6 Å². The summed E-state index contributed by atoms with van der Waals surface area (Å²) in [6.45, 7) is 1.77. The van der Waals surface area contributed by atoms with Gasteiger partial charge in [0.2, 0.25) is 0 Å². The van der Waals surface area contributed by atoms with E-state index >= 15 is 0 Å². The second-order valence-corrected chi connectivity index (χ2v) is 5.66. The normalized spacial score (nSPS) is 17.5. The number of urea groups is 1. The van der Waals surface area contributed by atoms with Gasteiger partial charge in [0, 0.05) is 26.1 Å². The van der Waals surface area contributed by atoms with Crippen LogP contribution in [0.2, 0.25) is 0 Å².